The minimum Gasteiger partial charge on any atom is -0.494 e. The highest BCUT2D eigenvalue weighted by Gasteiger charge is 2.07. The molecule has 0 spiro atoms. The molecule has 1 aromatic heterocycles. The number of nitrogens with zero attached hydrogens (tertiary/aromatic N) is 1. The molecule has 9 nitrogen and oxygen atoms in total. The second kappa shape index (κ2) is 7.94. The van der Waals surface area contributed by atoms with Gasteiger partial charge in [0.15, 0.2) is 0 Å². The maximum atomic E-state index is 8.74. The SMILES string of the molecule is CCOc1ccc2nc3cc(N)ccc3c(N)c2c1.N.O=S(=O)(O)O. The fourth-order valence-corrected chi connectivity index (χ4v) is 2.23. The van der Waals surface area contributed by atoms with Crippen LogP contribution in [0.15, 0.2) is 36.4 Å². The molecule has 2 aromatic carbocycles. The lowest BCUT2D eigenvalue weighted by atomic mass is 10.1. The molecule has 0 atom stereocenters. The van der Waals surface area contributed by atoms with Crippen LogP contribution in [0.1, 0.15) is 6.92 Å². The van der Waals surface area contributed by atoms with E-state index in [0.29, 0.717) is 18.0 Å². The van der Waals surface area contributed by atoms with Gasteiger partial charge >= 0.3 is 10.4 Å². The fourth-order valence-electron chi connectivity index (χ4n) is 2.23. The normalized spacial score (nSPS) is 10.7. The average molecular weight is 368 g/mol. The molecule has 0 amide bonds. The fraction of sp³-hybridized carbons (Fsp3) is 0.133. The van der Waals surface area contributed by atoms with E-state index in [4.69, 9.17) is 33.7 Å². The van der Waals surface area contributed by atoms with Gasteiger partial charge < -0.3 is 22.4 Å². The van der Waals surface area contributed by atoms with Gasteiger partial charge in [-0.3, -0.25) is 9.11 Å². The summed E-state index contributed by atoms with van der Waals surface area (Å²) in [5.41, 5.74) is 15.1. The van der Waals surface area contributed by atoms with Gasteiger partial charge in [0.1, 0.15) is 5.75 Å². The van der Waals surface area contributed by atoms with Crippen molar-refractivity contribution >= 4 is 43.6 Å². The molecule has 136 valence electrons. The Morgan fingerprint density at radius 1 is 1.04 bits per heavy atom. The molecule has 0 aliphatic heterocycles. The summed E-state index contributed by atoms with van der Waals surface area (Å²) in [6.07, 6.45) is 0. The zero-order valence-corrected chi connectivity index (χ0v) is 14.3. The van der Waals surface area contributed by atoms with E-state index in [9.17, 15) is 0 Å². The topological polar surface area (TPSA) is 184 Å². The van der Waals surface area contributed by atoms with Crippen molar-refractivity contribution in [3.05, 3.63) is 36.4 Å². The van der Waals surface area contributed by atoms with Crippen LogP contribution < -0.4 is 22.4 Å². The molecule has 25 heavy (non-hydrogen) atoms. The molecule has 0 saturated carbocycles. The van der Waals surface area contributed by atoms with E-state index in [0.717, 1.165) is 27.6 Å². The summed E-state index contributed by atoms with van der Waals surface area (Å²) in [6.45, 7) is 2.58. The van der Waals surface area contributed by atoms with Gasteiger partial charge in [-0.05, 0) is 43.3 Å². The van der Waals surface area contributed by atoms with Crippen LogP contribution >= 0.6 is 0 Å². The number of fused-ring (bicyclic) bond motifs is 2. The first-order valence-electron chi connectivity index (χ1n) is 6.90. The maximum absolute atomic E-state index is 8.74. The number of anilines is 2. The quantitative estimate of drug-likeness (QED) is 0.257. The van der Waals surface area contributed by atoms with Gasteiger partial charge in [-0.25, -0.2) is 4.98 Å². The van der Waals surface area contributed by atoms with Crippen LogP contribution in [0, 0.1) is 0 Å². The molecule has 0 radical (unpaired) electrons. The van der Waals surface area contributed by atoms with E-state index in [1.54, 1.807) is 0 Å². The summed E-state index contributed by atoms with van der Waals surface area (Å²) < 4.78 is 37.1. The lowest BCUT2D eigenvalue weighted by molar-refractivity contribution is 0.340. The van der Waals surface area contributed by atoms with Crippen molar-refractivity contribution in [2.24, 2.45) is 0 Å². The molecular formula is C15H20N4O5S. The van der Waals surface area contributed by atoms with Gasteiger partial charge in [-0.15, -0.1) is 0 Å². The molecule has 0 unspecified atom stereocenters. The van der Waals surface area contributed by atoms with Gasteiger partial charge in [-0.1, -0.05) is 0 Å². The molecule has 0 fully saturated rings. The van der Waals surface area contributed by atoms with Crippen molar-refractivity contribution in [1.82, 2.24) is 11.1 Å². The number of hydrogen-bond acceptors (Lipinski definition) is 7. The Balaban J connectivity index is 0.000000462. The number of ether oxygens (including phenoxy) is 1. The first-order valence-corrected chi connectivity index (χ1v) is 8.30. The van der Waals surface area contributed by atoms with E-state index >= 15 is 0 Å². The van der Waals surface area contributed by atoms with Gasteiger partial charge in [0, 0.05) is 16.5 Å². The van der Waals surface area contributed by atoms with E-state index in [1.807, 2.05) is 43.3 Å². The van der Waals surface area contributed by atoms with Gasteiger partial charge in [0.05, 0.1) is 23.3 Å². The lowest BCUT2D eigenvalue weighted by Gasteiger charge is -2.09. The minimum atomic E-state index is -4.67. The molecule has 0 aliphatic rings. The molecule has 0 bridgehead atoms. The summed E-state index contributed by atoms with van der Waals surface area (Å²) in [5.74, 6) is 0.804. The van der Waals surface area contributed by atoms with E-state index in [2.05, 4.69) is 4.98 Å². The average Bonchev–Trinajstić information content (AvgIpc) is 2.46. The summed E-state index contributed by atoms with van der Waals surface area (Å²) >= 11 is 0. The van der Waals surface area contributed by atoms with Crippen LogP contribution in [0.2, 0.25) is 0 Å². The summed E-state index contributed by atoms with van der Waals surface area (Å²) in [5, 5.41) is 1.82. The number of aromatic nitrogens is 1. The van der Waals surface area contributed by atoms with Crippen molar-refractivity contribution in [3.8, 4) is 5.75 Å². The summed E-state index contributed by atoms with van der Waals surface area (Å²) in [7, 11) is -4.67. The highest BCUT2D eigenvalue weighted by molar-refractivity contribution is 7.79. The van der Waals surface area contributed by atoms with Gasteiger partial charge in [0.2, 0.25) is 0 Å². The molecule has 1 heterocycles. The van der Waals surface area contributed by atoms with Crippen LogP contribution in [0.3, 0.4) is 0 Å². The molecule has 3 aromatic rings. The Kier molecular flexibility index (Phi) is 6.48. The van der Waals surface area contributed by atoms with Crippen molar-refractivity contribution in [2.45, 2.75) is 6.92 Å². The van der Waals surface area contributed by atoms with E-state index in [1.165, 1.54) is 0 Å². The number of benzene rings is 2. The lowest BCUT2D eigenvalue weighted by Crippen LogP contribution is -1.96. The minimum absolute atomic E-state index is 0. The van der Waals surface area contributed by atoms with Crippen molar-refractivity contribution < 1.29 is 22.3 Å². The summed E-state index contributed by atoms with van der Waals surface area (Å²) in [4.78, 5) is 4.59. The highest BCUT2D eigenvalue weighted by Crippen LogP contribution is 2.31. The molecule has 0 aliphatic carbocycles. The Morgan fingerprint density at radius 3 is 2.28 bits per heavy atom. The van der Waals surface area contributed by atoms with Crippen LogP contribution in [0.4, 0.5) is 11.4 Å². The third-order valence-electron chi connectivity index (χ3n) is 3.12. The second-order valence-electron chi connectivity index (χ2n) is 4.86. The van der Waals surface area contributed by atoms with Crippen LogP contribution in [-0.4, -0.2) is 29.1 Å². The molecular weight excluding hydrogens is 348 g/mol. The third-order valence-corrected chi connectivity index (χ3v) is 3.12. The van der Waals surface area contributed by atoms with Gasteiger partial charge in [0.25, 0.3) is 0 Å². The zero-order valence-electron chi connectivity index (χ0n) is 13.5. The van der Waals surface area contributed by atoms with E-state index in [-0.39, 0.29) is 6.15 Å². The Labute approximate surface area is 144 Å². The number of nitrogens with two attached hydrogens (primary N) is 2. The number of hydrogen-bond donors (Lipinski definition) is 5. The Morgan fingerprint density at radius 2 is 1.68 bits per heavy atom. The van der Waals surface area contributed by atoms with Crippen LogP contribution in [0.5, 0.6) is 5.75 Å². The molecule has 0 saturated heterocycles. The van der Waals surface area contributed by atoms with Crippen LogP contribution in [0.25, 0.3) is 21.8 Å². The van der Waals surface area contributed by atoms with Crippen LogP contribution in [-0.2, 0) is 10.4 Å². The number of rotatable bonds is 2. The second-order valence-corrected chi connectivity index (χ2v) is 5.76. The predicted molar refractivity (Wildman–Crippen MR) is 98.4 cm³/mol. The predicted octanol–water partition coefficient (Wildman–Crippen LogP) is 2.46. The molecule has 3 rings (SSSR count). The highest BCUT2D eigenvalue weighted by atomic mass is 32.3. The maximum Gasteiger partial charge on any atom is 0.394 e. The Hall–Kier alpha value is -2.66. The summed E-state index contributed by atoms with van der Waals surface area (Å²) in [6, 6.07) is 11.3. The first-order chi connectivity index (χ1) is 11.2. The third kappa shape index (κ3) is 5.43. The van der Waals surface area contributed by atoms with Crippen molar-refractivity contribution in [3.63, 3.8) is 0 Å². The number of nitrogen functional groups attached to an aromatic ring is 2. The largest absolute Gasteiger partial charge is 0.494 e. The van der Waals surface area contributed by atoms with Gasteiger partial charge in [-0.2, -0.15) is 8.42 Å². The smallest absolute Gasteiger partial charge is 0.394 e. The molecule has 9 N–H and O–H groups in total. The van der Waals surface area contributed by atoms with Crippen molar-refractivity contribution in [2.75, 3.05) is 18.1 Å². The first kappa shape index (κ1) is 20.4. The number of pyridine rings is 1. The zero-order chi connectivity index (χ0) is 17.9. The standard InChI is InChI=1S/C15H15N3O.H3N.H2O4S/c1-2-19-10-4-6-13-12(8-10)15(17)11-5-3-9(16)7-14(11)18-13;;1-5(2,3)4/h3-8H,2,16H2,1H3,(H2,17,18);1H3;(H2,1,2,3,4). The van der Waals surface area contributed by atoms with E-state index < -0.39 is 10.4 Å². The molecule has 10 heteroatoms. The Bertz CT molecular complexity index is 984. The van der Waals surface area contributed by atoms with Crippen molar-refractivity contribution in [1.29, 1.82) is 0 Å². The monoisotopic (exact) mass is 368 g/mol.